The van der Waals surface area contributed by atoms with Crippen LogP contribution in [-0.2, 0) is 26.3 Å². The van der Waals surface area contributed by atoms with Gasteiger partial charge in [-0.2, -0.15) is 17.7 Å². The first-order valence-electron chi connectivity index (χ1n) is 9.07. The fraction of sp³-hybridized carbons (Fsp3) is 0.714. The molecule has 0 saturated heterocycles. The molecule has 1 aromatic rings. The van der Waals surface area contributed by atoms with Gasteiger partial charge in [0.25, 0.3) is 0 Å². The summed E-state index contributed by atoms with van der Waals surface area (Å²) >= 11 is 0. The van der Waals surface area contributed by atoms with Crippen LogP contribution in [0.2, 0.25) is 0 Å². The van der Waals surface area contributed by atoms with Gasteiger partial charge in [-0.15, -0.1) is 12.1 Å². The van der Waals surface area contributed by atoms with E-state index in [0.717, 1.165) is 23.2 Å². The first-order chi connectivity index (χ1) is 10.8. The quantitative estimate of drug-likeness (QED) is 0.257. The van der Waals surface area contributed by atoms with Crippen molar-refractivity contribution in [3.05, 3.63) is 29.8 Å². The third kappa shape index (κ3) is 8.39. The Balaban J connectivity index is 0.00000576. The summed E-state index contributed by atoms with van der Waals surface area (Å²) in [6, 6.07) is 9.99. The maximum Gasteiger partial charge on any atom is 0.0946 e. The van der Waals surface area contributed by atoms with Gasteiger partial charge in [0.15, 0.2) is 0 Å². The second-order valence-corrected chi connectivity index (χ2v) is 16.0. The van der Waals surface area contributed by atoms with Gasteiger partial charge in [-0.1, -0.05) is 77.2 Å². The number of rotatable bonds is 6. The van der Waals surface area contributed by atoms with Gasteiger partial charge in [-0.05, 0) is 17.5 Å². The van der Waals surface area contributed by atoms with E-state index >= 15 is 0 Å². The fourth-order valence-electron chi connectivity index (χ4n) is 3.18. The molecule has 0 aliphatic rings. The summed E-state index contributed by atoms with van der Waals surface area (Å²) in [5, 5.41) is 0.305. The van der Waals surface area contributed by atoms with Gasteiger partial charge in [-0.25, -0.2) is 0 Å². The van der Waals surface area contributed by atoms with Crippen LogP contribution in [0, 0.1) is 6.07 Å². The standard InChI is InChI=1S/C21H37OP2.Ir/c1-16(2)23(17(3)4)15-18-12-11-13-19(14-18)22-24(20(5,6)7)21(8,9)10;/h11-13,16-17H,15H2,1-10H3;/q-1;. The molecule has 0 amide bonds. The van der Waals surface area contributed by atoms with Gasteiger partial charge in [0, 0.05) is 36.2 Å². The molecule has 0 bridgehead atoms. The van der Waals surface area contributed by atoms with E-state index in [1.807, 2.05) is 0 Å². The van der Waals surface area contributed by atoms with E-state index in [4.69, 9.17) is 4.52 Å². The van der Waals surface area contributed by atoms with Crippen molar-refractivity contribution in [3.8, 4) is 5.75 Å². The Morgan fingerprint density at radius 1 is 0.920 bits per heavy atom. The van der Waals surface area contributed by atoms with Gasteiger partial charge in [0.2, 0.25) is 0 Å². The van der Waals surface area contributed by atoms with E-state index in [0.29, 0.717) is 0 Å². The average molecular weight is 560 g/mol. The van der Waals surface area contributed by atoms with E-state index in [-0.39, 0.29) is 38.3 Å². The zero-order chi connectivity index (χ0) is 18.7. The molecular weight excluding hydrogens is 522 g/mol. The molecule has 4 heteroatoms. The smallest absolute Gasteiger partial charge is 0.0946 e. The molecule has 147 valence electrons. The van der Waals surface area contributed by atoms with Crippen LogP contribution in [0.1, 0.15) is 74.8 Å². The minimum absolute atomic E-state index is 0. The van der Waals surface area contributed by atoms with Crippen molar-refractivity contribution in [1.82, 2.24) is 0 Å². The van der Waals surface area contributed by atoms with Crippen molar-refractivity contribution in [2.75, 3.05) is 0 Å². The third-order valence-electron chi connectivity index (χ3n) is 3.92. The van der Waals surface area contributed by atoms with Crippen molar-refractivity contribution < 1.29 is 24.6 Å². The molecule has 0 aromatic heterocycles. The van der Waals surface area contributed by atoms with Gasteiger partial charge < -0.3 is 4.52 Å². The summed E-state index contributed by atoms with van der Waals surface area (Å²) in [5.74, 6) is 0.922. The Morgan fingerprint density at radius 3 is 1.80 bits per heavy atom. The van der Waals surface area contributed by atoms with E-state index in [9.17, 15) is 0 Å². The Labute approximate surface area is 173 Å². The van der Waals surface area contributed by atoms with E-state index in [1.165, 1.54) is 5.56 Å². The van der Waals surface area contributed by atoms with Crippen molar-refractivity contribution in [3.63, 3.8) is 0 Å². The SMILES string of the molecule is CC(C)P(Cc1[c-]c(OP(C(C)(C)C)C(C)(C)C)ccc1)C(C)C.[Ir]. The first-order valence-corrected chi connectivity index (χ1v) is 12.0. The summed E-state index contributed by atoms with van der Waals surface area (Å²) < 4.78 is 6.50. The molecule has 1 radical (unpaired) electrons. The zero-order valence-corrected chi connectivity index (χ0v) is 21.9. The molecule has 0 saturated carbocycles. The summed E-state index contributed by atoms with van der Waals surface area (Å²) in [4.78, 5) is 0. The zero-order valence-electron chi connectivity index (χ0n) is 17.7. The van der Waals surface area contributed by atoms with Crippen molar-refractivity contribution in [2.24, 2.45) is 0 Å². The topological polar surface area (TPSA) is 9.23 Å². The van der Waals surface area contributed by atoms with Crippen LogP contribution in [0.15, 0.2) is 18.2 Å². The van der Waals surface area contributed by atoms with Gasteiger partial charge in [0.1, 0.15) is 0 Å². The van der Waals surface area contributed by atoms with E-state index in [1.54, 1.807) is 0 Å². The Bertz CT molecular complexity index is 493. The summed E-state index contributed by atoms with van der Waals surface area (Å²) in [6.45, 7) is 23.1. The van der Waals surface area contributed by atoms with Crippen molar-refractivity contribution >= 4 is 16.1 Å². The molecule has 0 aliphatic carbocycles. The molecule has 0 heterocycles. The maximum absolute atomic E-state index is 6.50. The van der Waals surface area contributed by atoms with Gasteiger partial charge in [-0.3, -0.25) is 0 Å². The molecule has 0 N–H and O–H groups in total. The molecule has 0 spiro atoms. The normalized spacial score (nSPS) is 12.9. The van der Waals surface area contributed by atoms with E-state index in [2.05, 4.69) is 93.5 Å². The van der Waals surface area contributed by atoms with Crippen LogP contribution in [0.25, 0.3) is 0 Å². The third-order valence-corrected chi connectivity index (χ3v) is 10.1. The first kappa shape index (κ1) is 25.5. The molecule has 1 nitrogen and oxygen atoms in total. The number of benzene rings is 1. The van der Waals surface area contributed by atoms with Gasteiger partial charge in [0.05, 0.1) is 8.15 Å². The number of hydrogen-bond acceptors (Lipinski definition) is 1. The van der Waals surface area contributed by atoms with E-state index < -0.39 is 8.15 Å². The minimum Gasteiger partial charge on any atom is -0.499 e. The fourth-order valence-corrected chi connectivity index (χ4v) is 8.54. The number of hydrogen-bond donors (Lipinski definition) is 0. The molecule has 0 aliphatic heterocycles. The van der Waals surface area contributed by atoms with Crippen LogP contribution in [0.5, 0.6) is 5.75 Å². The Morgan fingerprint density at radius 2 is 1.40 bits per heavy atom. The molecular formula is C21H37IrOP2-. The molecule has 0 fully saturated rings. The second kappa shape index (κ2) is 10.2. The van der Waals surface area contributed by atoms with Crippen molar-refractivity contribution in [1.29, 1.82) is 0 Å². The van der Waals surface area contributed by atoms with Gasteiger partial charge >= 0.3 is 0 Å². The monoisotopic (exact) mass is 560 g/mol. The predicted octanol–water partition coefficient (Wildman–Crippen LogP) is 7.66. The molecule has 25 heavy (non-hydrogen) atoms. The Kier molecular flexibility index (Phi) is 10.4. The maximum atomic E-state index is 6.50. The molecule has 0 atom stereocenters. The second-order valence-electron chi connectivity index (χ2n) is 9.13. The molecule has 1 rings (SSSR count). The van der Waals surface area contributed by atoms with Crippen LogP contribution in [0.4, 0.5) is 0 Å². The molecule has 1 aromatic carbocycles. The largest absolute Gasteiger partial charge is 0.499 e. The Hall–Kier alpha value is 0.529. The predicted molar refractivity (Wildman–Crippen MR) is 113 cm³/mol. The van der Waals surface area contributed by atoms with Crippen LogP contribution < -0.4 is 4.52 Å². The minimum atomic E-state index is -0.603. The summed E-state index contributed by atoms with van der Waals surface area (Å²) in [5.41, 5.74) is 2.80. The van der Waals surface area contributed by atoms with Crippen LogP contribution in [0.3, 0.4) is 0 Å². The summed E-state index contributed by atoms with van der Waals surface area (Å²) in [7, 11) is -0.617. The van der Waals surface area contributed by atoms with Crippen LogP contribution in [-0.4, -0.2) is 21.6 Å². The van der Waals surface area contributed by atoms with Crippen molar-refractivity contribution in [2.45, 2.75) is 97.0 Å². The average Bonchev–Trinajstić information content (AvgIpc) is 2.39. The van der Waals surface area contributed by atoms with Crippen LogP contribution >= 0.6 is 16.1 Å². The molecule has 0 unspecified atom stereocenters. The summed E-state index contributed by atoms with van der Waals surface area (Å²) in [6.07, 6.45) is 1.14.